The van der Waals surface area contributed by atoms with E-state index in [9.17, 15) is 0 Å². The Balaban J connectivity index is 0.00000529. The molecule has 1 aromatic carbocycles. The Morgan fingerprint density at radius 1 is 0.875 bits per heavy atom. The maximum Gasteiger partial charge on any atom is 0.0973 e. The van der Waals surface area contributed by atoms with E-state index in [2.05, 4.69) is 45.1 Å². The fraction of sp³-hybridized carbons (Fsp3) is 0.619. The zero-order chi connectivity index (χ0) is 17.0. The van der Waals surface area contributed by atoms with Gasteiger partial charge in [-0.2, -0.15) is 0 Å². The van der Waals surface area contributed by atoms with Crippen molar-refractivity contribution in [2.24, 2.45) is 0 Å². The number of rotatable bonds is 12. The lowest BCUT2D eigenvalue weighted by Gasteiger charge is -2.36. The van der Waals surface area contributed by atoms with Crippen LogP contribution in [0.4, 0.5) is 0 Å². The van der Waals surface area contributed by atoms with E-state index in [-0.39, 0.29) is 12.4 Å². The maximum atomic E-state index is 5.93. The van der Waals surface area contributed by atoms with Crippen LogP contribution in [0.5, 0.6) is 0 Å². The van der Waals surface area contributed by atoms with Crippen LogP contribution in [0.2, 0.25) is 5.02 Å². The van der Waals surface area contributed by atoms with Crippen LogP contribution in [-0.2, 0) is 6.42 Å². The number of halogens is 2. The maximum absolute atomic E-state index is 5.93. The van der Waals surface area contributed by atoms with Gasteiger partial charge in [-0.25, -0.2) is 0 Å². The predicted molar refractivity (Wildman–Crippen MR) is 104 cm³/mol. The highest BCUT2D eigenvalue weighted by Gasteiger charge is 2.20. The second-order valence-corrected chi connectivity index (χ2v) is 7.03. The minimum atomic E-state index is 0. The third-order valence-electron chi connectivity index (χ3n) is 5.00. The number of hydrogen-bond acceptors (Lipinski definition) is 0. The Morgan fingerprint density at radius 3 is 2.08 bits per heavy atom. The van der Waals surface area contributed by atoms with Gasteiger partial charge in [-0.3, -0.25) is 0 Å². The van der Waals surface area contributed by atoms with Crippen molar-refractivity contribution in [3.8, 4) is 0 Å². The summed E-state index contributed by atoms with van der Waals surface area (Å²) in [5.41, 5.74) is 1.33. The molecule has 1 rings (SSSR count). The summed E-state index contributed by atoms with van der Waals surface area (Å²) >= 11 is 5.93. The van der Waals surface area contributed by atoms with Gasteiger partial charge in [-0.05, 0) is 56.9 Å². The van der Waals surface area contributed by atoms with E-state index in [1.54, 1.807) is 0 Å². The first kappa shape index (κ1) is 23.5. The van der Waals surface area contributed by atoms with Gasteiger partial charge in [0.05, 0.1) is 26.2 Å². The molecule has 0 spiro atoms. The number of allylic oxidation sites excluding steroid dienone is 1. The van der Waals surface area contributed by atoms with Crippen LogP contribution in [0.3, 0.4) is 0 Å². The first-order chi connectivity index (χ1) is 11.2. The fourth-order valence-electron chi connectivity index (χ4n) is 3.08. The van der Waals surface area contributed by atoms with E-state index >= 15 is 0 Å². The summed E-state index contributed by atoms with van der Waals surface area (Å²) in [7, 11) is 0. The van der Waals surface area contributed by atoms with Crippen LogP contribution in [0.25, 0.3) is 0 Å². The number of unbranched alkanes of at least 4 members (excludes halogenated alkanes) is 4. The highest BCUT2D eigenvalue weighted by Crippen LogP contribution is 2.13. The summed E-state index contributed by atoms with van der Waals surface area (Å²) in [5, 5.41) is 0.813. The Hall–Kier alpha value is -0.500. The molecule has 0 N–H and O–H groups in total. The van der Waals surface area contributed by atoms with E-state index in [0.29, 0.717) is 0 Å². The fourth-order valence-corrected chi connectivity index (χ4v) is 3.20. The van der Waals surface area contributed by atoms with Crippen molar-refractivity contribution in [2.75, 3.05) is 26.2 Å². The van der Waals surface area contributed by atoms with Crippen molar-refractivity contribution in [2.45, 2.75) is 59.3 Å². The molecule has 0 bridgehead atoms. The third kappa shape index (κ3) is 9.11. The molecule has 24 heavy (non-hydrogen) atoms. The summed E-state index contributed by atoms with van der Waals surface area (Å²) < 4.78 is 1.23. The Kier molecular flexibility index (Phi) is 13.5. The molecule has 0 fully saturated rings. The number of likely N-dealkylation sites (N-methyl/N-ethyl adjacent to an activating group) is 1. The zero-order valence-electron chi connectivity index (χ0n) is 15.7. The van der Waals surface area contributed by atoms with Gasteiger partial charge in [0.2, 0.25) is 0 Å². The van der Waals surface area contributed by atoms with E-state index in [4.69, 9.17) is 11.6 Å². The molecule has 0 unspecified atom stereocenters. The van der Waals surface area contributed by atoms with Crippen LogP contribution in [0, 0.1) is 0 Å². The van der Waals surface area contributed by atoms with Crippen LogP contribution in [0.1, 0.15) is 58.4 Å². The highest BCUT2D eigenvalue weighted by molar-refractivity contribution is 6.30. The summed E-state index contributed by atoms with van der Waals surface area (Å²) in [4.78, 5) is 0. The summed E-state index contributed by atoms with van der Waals surface area (Å²) in [5.74, 6) is 0. The second kappa shape index (κ2) is 13.8. The monoisotopic (exact) mass is 371 g/mol. The zero-order valence-corrected chi connectivity index (χ0v) is 17.3. The first-order valence-corrected chi connectivity index (χ1v) is 9.78. The molecule has 0 aliphatic carbocycles. The van der Waals surface area contributed by atoms with E-state index in [1.807, 2.05) is 12.1 Å². The summed E-state index contributed by atoms with van der Waals surface area (Å²) in [6.45, 7) is 11.9. The second-order valence-electron chi connectivity index (χ2n) is 6.60. The standard InChI is InChI=1S/C21H35ClN.ClH/c1-4-7-8-9-11-18-23(5-2,6-3)19-12-10-13-20-14-16-21(22)17-15-20;/h10,12,14-17H,4-9,11,13,18-19H2,1-3H3;1H/q+1;/p-1/b12-10+;. The molecule has 0 amide bonds. The average Bonchev–Trinajstić information content (AvgIpc) is 2.58. The molecule has 138 valence electrons. The largest absolute Gasteiger partial charge is 1.00 e. The molecular weight excluding hydrogens is 337 g/mol. The molecule has 0 radical (unpaired) electrons. The van der Waals surface area contributed by atoms with Gasteiger partial charge in [0.15, 0.2) is 0 Å². The Bertz CT molecular complexity index is 436. The lowest BCUT2D eigenvalue weighted by atomic mass is 10.1. The van der Waals surface area contributed by atoms with Gasteiger partial charge in [-0.1, -0.05) is 56.0 Å². The van der Waals surface area contributed by atoms with Crippen LogP contribution < -0.4 is 12.4 Å². The predicted octanol–water partition coefficient (Wildman–Crippen LogP) is 3.27. The molecule has 0 heterocycles. The molecule has 1 nitrogen and oxygen atoms in total. The van der Waals surface area contributed by atoms with E-state index < -0.39 is 0 Å². The Labute approximate surface area is 161 Å². The molecule has 1 aromatic rings. The average molecular weight is 372 g/mol. The minimum absolute atomic E-state index is 0. The lowest BCUT2D eigenvalue weighted by molar-refractivity contribution is -0.919. The number of nitrogens with zero attached hydrogens (tertiary/aromatic N) is 1. The van der Waals surface area contributed by atoms with E-state index in [1.165, 1.54) is 61.8 Å². The molecule has 0 aromatic heterocycles. The van der Waals surface area contributed by atoms with Crippen LogP contribution in [0.15, 0.2) is 36.4 Å². The summed E-state index contributed by atoms with van der Waals surface area (Å²) in [6, 6.07) is 8.17. The normalized spacial score (nSPS) is 11.7. The molecule has 0 aliphatic heterocycles. The quantitative estimate of drug-likeness (QED) is 0.300. The van der Waals surface area contributed by atoms with Gasteiger partial charge < -0.3 is 16.9 Å². The molecule has 3 heteroatoms. The number of quaternary nitrogens is 1. The van der Waals surface area contributed by atoms with Gasteiger partial charge in [-0.15, -0.1) is 0 Å². The van der Waals surface area contributed by atoms with Gasteiger partial charge in [0, 0.05) is 5.02 Å². The molecule has 0 saturated heterocycles. The van der Waals surface area contributed by atoms with Crippen molar-refractivity contribution >= 4 is 11.6 Å². The SMILES string of the molecule is CCCCCCC[N+](CC)(CC)C/C=C/Cc1ccc(Cl)cc1.[Cl-]. The first-order valence-electron chi connectivity index (χ1n) is 9.40. The van der Waals surface area contributed by atoms with Crippen molar-refractivity contribution in [1.29, 1.82) is 0 Å². The van der Waals surface area contributed by atoms with E-state index in [0.717, 1.165) is 18.0 Å². The van der Waals surface area contributed by atoms with Crippen molar-refractivity contribution in [1.82, 2.24) is 0 Å². The molecule has 0 aliphatic rings. The van der Waals surface area contributed by atoms with Crippen molar-refractivity contribution in [3.63, 3.8) is 0 Å². The molecule has 0 saturated carbocycles. The smallest absolute Gasteiger partial charge is 0.0973 e. The molecular formula is C21H35Cl2N. The highest BCUT2D eigenvalue weighted by atomic mass is 35.5. The third-order valence-corrected chi connectivity index (χ3v) is 5.26. The van der Waals surface area contributed by atoms with Gasteiger partial charge >= 0.3 is 0 Å². The topological polar surface area (TPSA) is 0 Å². The van der Waals surface area contributed by atoms with Crippen molar-refractivity contribution < 1.29 is 16.9 Å². The summed E-state index contributed by atoms with van der Waals surface area (Å²) in [6.07, 6.45) is 12.6. The number of benzene rings is 1. The van der Waals surface area contributed by atoms with Crippen molar-refractivity contribution in [3.05, 3.63) is 47.0 Å². The number of hydrogen-bond donors (Lipinski definition) is 0. The minimum Gasteiger partial charge on any atom is -1.00 e. The van der Waals surface area contributed by atoms with Gasteiger partial charge in [0.1, 0.15) is 0 Å². The Morgan fingerprint density at radius 2 is 1.50 bits per heavy atom. The van der Waals surface area contributed by atoms with Crippen LogP contribution >= 0.6 is 11.6 Å². The lowest BCUT2D eigenvalue weighted by Crippen LogP contribution is -3.00. The van der Waals surface area contributed by atoms with Gasteiger partial charge in [0.25, 0.3) is 0 Å². The molecule has 0 atom stereocenters. The van der Waals surface area contributed by atoms with Crippen LogP contribution in [-0.4, -0.2) is 30.7 Å².